The Labute approximate surface area is 187 Å². The van der Waals surface area contributed by atoms with E-state index < -0.39 is 11.7 Å². The number of hydrogen-bond acceptors (Lipinski definition) is 4. The summed E-state index contributed by atoms with van der Waals surface area (Å²) < 4.78 is 38.2. The Kier molecular flexibility index (Phi) is 8.93. The Balaban J connectivity index is 1.24. The van der Waals surface area contributed by atoms with E-state index >= 15 is 0 Å². The van der Waals surface area contributed by atoms with Gasteiger partial charge in [-0.1, -0.05) is 36.4 Å². The number of rotatable bonds is 10. The molecule has 174 valence electrons. The second-order valence-electron chi connectivity index (χ2n) is 8.09. The molecule has 32 heavy (non-hydrogen) atoms. The molecule has 8 heteroatoms. The monoisotopic (exact) mass is 448 g/mol. The molecule has 2 N–H and O–H groups in total. The van der Waals surface area contributed by atoms with Gasteiger partial charge in [0.1, 0.15) is 0 Å². The van der Waals surface area contributed by atoms with Gasteiger partial charge in [-0.15, -0.1) is 0 Å². The van der Waals surface area contributed by atoms with Crippen LogP contribution in [0.3, 0.4) is 0 Å². The van der Waals surface area contributed by atoms with Crippen LogP contribution in [0.4, 0.5) is 18.9 Å². The Morgan fingerprint density at radius 2 is 1.62 bits per heavy atom. The third kappa shape index (κ3) is 8.16. The van der Waals surface area contributed by atoms with Gasteiger partial charge in [0.2, 0.25) is 5.91 Å². The van der Waals surface area contributed by atoms with Crippen LogP contribution in [-0.2, 0) is 17.5 Å². The van der Waals surface area contributed by atoms with Crippen molar-refractivity contribution in [1.29, 1.82) is 0 Å². The molecule has 1 aliphatic heterocycles. The lowest BCUT2D eigenvalue weighted by molar-refractivity contribution is -0.137. The molecule has 0 unspecified atom stereocenters. The van der Waals surface area contributed by atoms with E-state index in [1.165, 1.54) is 17.7 Å². The molecule has 2 aromatic carbocycles. The van der Waals surface area contributed by atoms with Gasteiger partial charge in [0, 0.05) is 45.0 Å². The van der Waals surface area contributed by atoms with Gasteiger partial charge in [-0.3, -0.25) is 9.69 Å². The lowest BCUT2D eigenvalue weighted by atomic mass is 10.2. The van der Waals surface area contributed by atoms with Crippen molar-refractivity contribution in [2.45, 2.75) is 25.6 Å². The van der Waals surface area contributed by atoms with Gasteiger partial charge in [0.05, 0.1) is 12.1 Å². The van der Waals surface area contributed by atoms with Crippen molar-refractivity contribution in [1.82, 2.24) is 15.1 Å². The van der Waals surface area contributed by atoms with Gasteiger partial charge in [-0.25, -0.2) is 0 Å². The maximum atomic E-state index is 12.7. The quantitative estimate of drug-likeness (QED) is 0.543. The number of carbonyl (C=O) groups excluding carboxylic acids is 1. The molecule has 0 spiro atoms. The van der Waals surface area contributed by atoms with E-state index in [-0.39, 0.29) is 18.1 Å². The first-order valence-corrected chi connectivity index (χ1v) is 11.1. The molecule has 0 aliphatic carbocycles. The number of anilines is 1. The van der Waals surface area contributed by atoms with Crippen LogP contribution < -0.4 is 10.6 Å². The van der Waals surface area contributed by atoms with Gasteiger partial charge < -0.3 is 15.5 Å². The fourth-order valence-corrected chi connectivity index (χ4v) is 3.75. The summed E-state index contributed by atoms with van der Waals surface area (Å²) in [4.78, 5) is 16.9. The van der Waals surface area contributed by atoms with Crippen LogP contribution in [-0.4, -0.2) is 61.5 Å². The number of benzene rings is 2. The summed E-state index contributed by atoms with van der Waals surface area (Å²) in [5, 5.41) is 5.57. The highest BCUT2D eigenvalue weighted by Crippen LogP contribution is 2.30. The minimum atomic E-state index is -4.39. The van der Waals surface area contributed by atoms with Gasteiger partial charge in [0.15, 0.2) is 0 Å². The average Bonchev–Trinajstić information content (AvgIpc) is 2.79. The highest BCUT2D eigenvalue weighted by atomic mass is 19.4. The molecule has 1 saturated heterocycles. The molecule has 1 aliphatic rings. The van der Waals surface area contributed by atoms with E-state index in [4.69, 9.17) is 0 Å². The zero-order chi connectivity index (χ0) is 22.8. The number of hydrogen-bond donors (Lipinski definition) is 2. The first kappa shape index (κ1) is 24.1. The first-order chi connectivity index (χ1) is 15.4. The Morgan fingerprint density at radius 1 is 0.906 bits per heavy atom. The number of unbranched alkanes of at least 4 members (excludes halogenated alkanes) is 1. The maximum Gasteiger partial charge on any atom is 0.416 e. The van der Waals surface area contributed by atoms with Crippen molar-refractivity contribution in [3.05, 3.63) is 65.7 Å². The summed E-state index contributed by atoms with van der Waals surface area (Å²) in [6.45, 7) is 6.76. The molecular formula is C24H31F3N4O. The fraction of sp³-hybridized carbons (Fsp3) is 0.458. The molecule has 0 radical (unpaired) electrons. The summed E-state index contributed by atoms with van der Waals surface area (Å²) in [7, 11) is 0. The van der Waals surface area contributed by atoms with E-state index in [2.05, 4.69) is 44.7 Å². The van der Waals surface area contributed by atoms with E-state index in [0.29, 0.717) is 6.54 Å². The maximum absolute atomic E-state index is 12.7. The van der Waals surface area contributed by atoms with Crippen LogP contribution in [0, 0.1) is 0 Å². The molecule has 3 rings (SSSR count). The Hall–Kier alpha value is -2.58. The molecule has 0 atom stereocenters. The van der Waals surface area contributed by atoms with Gasteiger partial charge >= 0.3 is 6.18 Å². The Morgan fingerprint density at radius 3 is 2.34 bits per heavy atom. The van der Waals surface area contributed by atoms with Crippen molar-refractivity contribution in [2.75, 3.05) is 51.1 Å². The predicted molar refractivity (Wildman–Crippen MR) is 120 cm³/mol. The summed E-state index contributed by atoms with van der Waals surface area (Å²) in [6, 6.07) is 15.4. The minimum Gasteiger partial charge on any atom is -0.376 e. The van der Waals surface area contributed by atoms with Crippen LogP contribution in [0.15, 0.2) is 54.6 Å². The summed E-state index contributed by atoms with van der Waals surface area (Å²) >= 11 is 0. The summed E-state index contributed by atoms with van der Waals surface area (Å²) in [6.07, 6.45) is -2.52. The van der Waals surface area contributed by atoms with Crippen molar-refractivity contribution < 1.29 is 18.0 Å². The standard InChI is InChI=1S/C24H31F3N4O/c25-24(26,27)21-9-6-10-22(17-21)29-18-23(32)28-11-4-5-12-30-13-15-31(16-14-30)19-20-7-2-1-3-8-20/h1-3,6-10,17,29H,4-5,11-16,18-19H2,(H,28,32). The number of amides is 1. The second-order valence-corrected chi connectivity index (χ2v) is 8.09. The number of alkyl halides is 3. The number of piperazine rings is 1. The topological polar surface area (TPSA) is 47.6 Å². The lowest BCUT2D eigenvalue weighted by Crippen LogP contribution is -2.46. The predicted octanol–water partition coefficient (Wildman–Crippen LogP) is 3.83. The average molecular weight is 449 g/mol. The summed E-state index contributed by atoms with van der Waals surface area (Å²) in [5.41, 5.74) is 0.893. The van der Waals surface area contributed by atoms with E-state index in [0.717, 1.165) is 64.2 Å². The van der Waals surface area contributed by atoms with Gasteiger partial charge in [0.25, 0.3) is 0 Å². The largest absolute Gasteiger partial charge is 0.416 e. The zero-order valence-electron chi connectivity index (χ0n) is 18.2. The van der Waals surface area contributed by atoms with Crippen molar-refractivity contribution in [2.24, 2.45) is 0 Å². The number of halogens is 3. The van der Waals surface area contributed by atoms with Gasteiger partial charge in [-0.05, 0) is 43.1 Å². The van der Waals surface area contributed by atoms with Crippen LogP contribution in [0.5, 0.6) is 0 Å². The van der Waals surface area contributed by atoms with Crippen LogP contribution in [0.1, 0.15) is 24.0 Å². The van der Waals surface area contributed by atoms with Crippen molar-refractivity contribution >= 4 is 11.6 Å². The van der Waals surface area contributed by atoms with E-state index in [1.807, 2.05) is 6.07 Å². The summed E-state index contributed by atoms with van der Waals surface area (Å²) in [5.74, 6) is -0.225. The molecule has 1 heterocycles. The van der Waals surface area contributed by atoms with Crippen LogP contribution in [0.25, 0.3) is 0 Å². The number of nitrogens with zero attached hydrogens (tertiary/aromatic N) is 2. The third-order valence-electron chi connectivity index (χ3n) is 5.58. The lowest BCUT2D eigenvalue weighted by Gasteiger charge is -2.34. The molecule has 0 bridgehead atoms. The Bertz CT molecular complexity index is 837. The fourth-order valence-electron chi connectivity index (χ4n) is 3.75. The van der Waals surface area contributed by atoms with E-state index in [1.54, 1.807) is 0 Å². The van der Waals surface area contributed by atoms with Gasteiger partial charge in [-0.2, -0.15) is 13.2 Å². The molecule has 1 fully saturated rings. The molecule has 0 saturated carbocycles. The molecular weight excluding hydrogens is 417 g/mol. The van der Waals surface area contributed by atoms with Crippen molar-refractivity contribution in [3.63, 3.8) is 0 Å². The van der Waals surface area contributed by atoms with Crippen LogP contribution in [0.2, 0.25) is 0 Å². The zero-order valence-corrected chi connectivity index (χ0v) is 18.2. The molecule has 2 aromatic rings. The van der Waals surface area contributed by atoms with E-state index in [9.17, 15) is 18.0 Å². The molecule has 0 aromatic heterocycles. The molecule has 1 amide bonds. The highest BCUT2D eigenvalue weighted by molar-refractivity contribution is 5.80. The minimum absolute atomic E-state index is 0.0509. The molecule has 5 nitrogen and oxygen atoms in total. The normalized spacial score (nSPS) is 15.5. The smallest absolute Gasteiger partial charge is 0.376 e. The van der Waals surface area contributed by atoms with Crippen LogP contribution >= 0.6 is 0 Å². The van der Waals surface area contributed by atoms with Crippen molar-refractivity contribution in [3.8, 4) is 0 Å². The number of carbonyl (C=O) groups is 1. The SMILES string of the molecule is O=C(CNc1cccc(C(F)(F)F)c1)NCCCCN1CCN(Cc2ccccc2)CC1. The number of nitrogens with one attached hydrogen (secondary N) is 2. The highest BCUT2D eigenvalue weighted by Gasteiger charge is 2.30. The second kappa shape index (κ2) is 11.9. The third-order valence-corrected chi connectivity index (χ3v) is 5.58. The first-order valence-electron chi connectivity index (χ1n) is 11.1.